The Morgan fingerprint density at radius 1 is 0.791 bits per heavy atom. The van der Waals surface area contributed by atoms with Crippen molar-refractivity contribution < 1.29 is 0 Å². The Bertz CT molecular complexity index is 1680. The summed E-state index contributed by atoms with van der Waals surface area (Å²) in [6.07, 6.45) is 15.3. The van der Waals surface area contributed by atoms with Crippen LogP contribution in [0.5, 0.6) is 0 Å². The Balaban J connectivity index is 1.53. The molecule has 7 rings (SSSR count). The molecule has 2 saturated carbocycles. The highest BCUT2D eigenvalue weighted by Crippen LogP contribution is 2.51. The molecule has 3 nitrogen and oxygen atoms in total. The molecule has 0 amide bonds. The molecule has 0 saturated heterocycles. The maximum atomic E-state index is 5.71. The van der Waals surface area contributed by atoms with Gasteiger partial charge in [-0.05, 0) is 86.1 Å². The zero-order chi connectivity index (χ0) is 29.8. The summed E-state index contributed by atoms with van der Waals surface area (Å²) in [7, 11) is 2.28. The minimum absolute atomic E-state index is 0.00150. The van der Waals surface area contributed by atoms with Crippen LogP contribution < -0.4 is 5.32 Å². The summed E-state index contributed by atoms with van der Waals surface area (Å²) in [5.74, 6) is 2.25. The molecule has 4 aromatic rings. The van der Waals surface area contributed by atoms with Crippen LogP contribution in [0.25, 0.3) is 21.8 Å². The molecule has 0 spiro atoms. The van der Waals surface area contributed by atoms with Gasteiger partial charge in [-0.1, -0.05) is 102 Å². The van der Waals surface area contributed by atoms with E-state index in [0.717, 1.165) is 18.7 Å². The second-order valence-electron chi connectivity index (χ2n) is 14.3. The largest absolute Gasteiger partial charge is 0.344 e. The van der Waals surface area contributed by atoms with Crippen molar-refractivity contribution in [2.45, 2.75) is 128 Å². The SMILES string of the molecule is CCC1(C)N=C(Nc2c(C3CCCCC3)cc3c(c2C2CCCCC2)c2ccccc2n3C)c2ccccc2C1(C)CC. The molecule has 2 heterocycles. The number of nitrogens with zero attached hydrogens (tertiary/aromatic N) is 2. The highest BCUT2D eigenvalue weighted by atomic mass is 15.1. The molecule has 1 N–H and O–H groups in total. The molecular weight excluding hydrogens is 522 g/mol. The predicted molar refractivity (Wildman–Crippen MR) is 185 cm³/mol. The number of anilines is 1. The molecule has 3 aromatic carbocycles. The summed E-state index contributed by atoms with van der Waals surface area (Å²) in [6.45, 7) is 9.51. The third kappa shape index (κ3) is 4.47. The number of fused-ring (bicyclic) bond motifs is 4. The van der Waals surface area contributed by atoms with E-state index in [2.05, 4.69) is 99.2 Å². The number of amidine groups is 1. The molecule has 226 valence electrons. The third-order valence-electron chi connectivity index (χ3n) is 12.3. The van der Waals surface area contributed by atoms with Gasteiger partial charge in [0, 0.05) is 45.5 Å². The lowest BCUT2D eigenvalue weighted by Crippen LogP contribution is -2.50. The van der Waals surface area contributed by atoms with Gasteiger partial charge >= 0.3 is 0 Å². The summed E-state index contributed by atoms with van der Waals surface area (Å²) in [5.41, 5.74) is 9.85. The van der Waals surface area contributed by atoms with Gasteiger partial charge in [-0.2, -0.15) is 0 Å². The van der Waals surface area contributed by atoms with Crippen molar-refractivity contribution in [2.24, 2.45) is 12.0 Å². The number of aryl methyl sites for hydroxylation is 1. The average Bonchev–Trinajstić information content (AvgIpc) is 3.35. The van der Waals surface area contributed by atoms with Crippen LogP contribution >= 0.6 is 0 Å². The first-order valence-corrected chi connectivity index (χ1v) is 17.4. The van der Waals surface area contributed by atoms with Crippen molar-refractivity contribution >= 4 is 33.3 Å². The zero-order valence-corrected chi connectivity index (χ0v) is 27.2. The number of benzene rings is 3. The smallest absolute Gasteiger partial charge is 0.133 e. The molecule has 2 atom stereocenters. The van der Waals surface area contributed by atoms with E-state index in [1.165, 1.54) is 103 Å². The van der Waals surface area contributed by atoms with Crippen LogP contribution in [0.15, 0.2) is 59.6 Å². The minimum atomic E-state index is -0.169. The van der Waals surface area contributed by atoms with Crippen molar-refractivity contribution in [3.63, 3.8) is 0 Å². The normalized spacial score (nSPS) is 25.2. The lowest BCUT2D eigenvalue weighted by atomic mass is 9.62. The van der Waals surface area contributed by atoms with Crippen LogP contribution in [0.3, 0.4) is 0 Å². The number of aliphatic imine (C=N–C) groups is 1. The van der Waals surface area contributed by atoms with Crippen molar-refractivity contribution in [3.8, 4) is 0 Å². The van der Waals surface area contributed by atoms with Crippen LogP contribution in [-0.4, -0.2) is 15.9 Å². The molecule has 0 bridgehead atoms. The fourth-order valence-corrected chi connectivity index (χ4v) is 9.19. The van der Waals surface area contributed by atoms with Crippen molar-refractivity contribution in [1.82, 2.24) is 4.57 Å². The number of rotatable bonds is 5. The molecule has 3 heteroatoms. The topological polar surface area (TPSA) is 29.3 Å². The second kappa shape index (κ2) is 11.1. The van der Waals surface area contributed by atoms with Gasteiger partial charge in [0.15, 0.2) is 0 Å². The van der Waals surface area contributed by atoms with Gasteiger partial charge < -0.3 is 9.88 Å². The molecule has 0 radical (unpaired) electrons. The van der Waals surface area contributed by atoms with E-state index in [9.17, 15) is 0 Å². The monoisotopic (exact) mass is 573 g/mol. The van der Waals surface area contributed by atoms with Crippen LogP contribution in [0, 0.1) is 0 Å². The van der Waals surface area contributed by atoms with Crippen molar-refractivity contribution in [2.75, 3.05) is 5.32 Å². The molecule has 3 aliphatic rings. The summed E-state index contributed by atoms with van der Waals surface area (Å²) < 4.78 is 2.47. The van der Waals surface area contributed by atoms with Crippen molar-refractivity contribution in [1.29, 1.82) is 0 Å². The standard InChI is InChI=1S/C40H51N3/c1-6-39(3)32-24-16-14-22-29(32)38(42-40(39,4)7-2)41-37-31(27-18-10-8-11-19-27)26-34-36(35(37)28-20-12-9-13-21-28)30-23-15-17-25-33(30)43(34)5/h14-17,22-28H,6-13,18-21H2,1-5H3,(H,41,42). The Kier molecular flexibility index (Phi) is 7.43. The van der Waals surface area contributed by atoms with E-state index in [-0.39, 0.29) is 11.0 Å². The number of hydrogen-bond acceptors (Lipinski definition) is 2. The van der Waals surface area contributed by atoms with Gasteiger partial charge in [0.05, 0.1) is 5.54 Å². The fraction of sp³-hybridized carbons (Fsp3) is 0.525. The minimum Gasteiger partial charge on any atom is -0.344 e. The molecule has 43 heavy (non-hydrogen) atoms. The van der Waals surface area contributed by atoms with E-state index >= 15 is 0 Å². The lowest BCUT2D eigenvalue weighted by Gasteiger charge is -2.48. The maximum absolute atomic E-state index is 5.71. The van der Waals surface area contributed by atoms with Crippen molar-refractivity contribution in [3.05, 3.63) is 76.9 Å². The van der Waals surface area contributed by atoms with Gasteiger partial charge in [0.25, 0.3) is 0 Å². The van der Waals surface area contributed by atoms with E-state index in [4.69, 9.17) is 4.99 Å². The Morgan fingerprint density at radius 2 is 1.44 bits per heavy atom. The Labute approximate surface area is 259 Å². The molecular formula is C40H51N3. The van der Waals surface area contributed by atoms with Gasteiger partial charge in [-0.25, -0.2) is 0 Å². The Morgan fingerprint density at radius 3 is 2.14 bits per heavy atom. The summed E-state index contributed by atoms with van der Waals surface area (Å²) >= 11 is 0. The predicted octanol–water partition coefficient (Wildman–Crippen LogP) is 11.1. The quantitative estimate of drug-likeness (QED) is 0.253. The van der Waals surface area contributed by atoms with E-state index < -0.39 is 0 Å². The van der Waals surface area contributed by atoms with Crippen LogP contribution in [0.1, 0.15) is 139 Å². The van der Waals surface area contributed by atoms with Crippen LogP contribution in [0.4, 0.5) is 5.69 Å². The van der Waals surface area contributed by atoms with Crippen LogP contribution in [-0.2, 0) is 12.5 Å². The summed E-state index contributed by atoms with van der Waals surface area (Å²) in [6, 6.07) is 20.8. The molecule has 2 unspecified atom stereocenters. The number of nitrogens with one attached hydrogen (secondary N) is 1. The summed E-state index contributed by atoms with van der Waals surface area (Å²) in [5, 5.41) is 7.11. The molecule has 2 aliphatic carbocycles. The van der Waals surface area contributed by atoms with E-state index in [1.807, 2.05) is 0 Å². The molecule has 1 aliphatic heterocycles. The van der Waals surface area contributed by atoms with Crippen LogP contribution in [0.2, 0.25) is 0 Å². The number of hydrogen-bond donors (Lipinski definition) is 1. The third-order valence-corrected chi connectivity index (χ3v) is 12.3. The fourth-order valence-electron chi connectivity index (χ4n) is 9.19. The first-order valence-electron chi connectivity index (χ1n) is 17.4. The lowest BCUT2D eigenvalue weighted by molar-refractivity contribution is 0.237. The molecule has 1 aromatic heterocycles. The second-order valence-corrected chi connectivity index (χ2v) is 14.3. The van der Waals surface area contributed by atoms with E-state index in [0.29, 0.717) is 11.8 Å². The average molecular weight is 574 g/mol. The zero-order valence-electron chi connectivity index (χ0n) is 27.2. The first kappa shape index (κ1) is 28.7. The molecule has 2 fully saturated rings. The van der Waals surface area contributed by atoms with Gasteiger partial charge in [0.2, 0.25) is 0 Å². The van der Waals surface area contributed by atoms with E-state index in [1.54, 1.807) is 11.1 Å². The number of para-hydroxylation sites is 1. The highest BCUT2D eigenvalue weighted by molar-refractivity contribution is 6.16. The van der Waals surface area contributed by atoms with Gasteiger partial charge in [-0.3, -0.25) is 4.99 Å². The van der Waals surface area contributed by atoms with Gasteiger partial charge in [0.1, 0.15) is 5.84 Å². The highest BCUT2D eigenvalue weighted by Gasteiger charge is 2.48. The Hall–Kier alpha value is -3.07. The first-order chi connectivity index (χ1) is 20.9. The summed E-state index contributed by atoms with van der Waals surface area (Å²) in [4.78, 5) is 5.71. The maximum Gasteiger partial charge on any atom is 0.133 e. The number of aromatic nitrogens is 1. The van der Waals surface area contributed by atoms with Gasteiger partial charge in [-0.15, -0.1) is 0 Å².